The largest absolute Gasteiger partial charge is 0.465 e. The Morgan fingerprint density at radius 2 is 1.93 bits per heavy atom. The van der Waals surface area contributed by atoms with Crippen molar-refractivity contribution in [3.8, 4) is 0 Å². The highest BCUT2D eigenvalue weighted by atomic mass is 32.2. The van der Waals surface area contributed by atoms with Gasteiger partial charge in [-0.05, 0) is 38.5 Å². The molecule has 2 amide bonds. The van der Waals surface area contributed by atoms with Crippen molar-refractivity contribution in [2.24, 2.45) is 11.8 Å². The third-order valence-electron chi connectivity index (χ3n) is 4.88. The number of thioether (sulfide) groups is 1. The van der Waals surface area contributed by atoms with Gasteiger partial charge < -0.3 is 15.4 Å². The van der Waals surface area contributed by atoms with Gasteiger partial charge in [0.25, 0.3) is 0 Å². The maximum Gasteiger partial charge on any atom is 0.325 e. The van der Waals surface area contributed by atoms with Gasteiger partial charge in [0.2, 0.25) is 16.9 Å². The molecule has 1 aliphatic rings. The summed E-state index contributed by atoms with van der Waals surface area (Å²) in [5.41, 5.74) is 0. The van der Waals surface area contributed by atoms with E-state index in [-0.39, 0.29) is 36.6 Å². The van der Waals surface area contributed by atoms with Gasteiger partial charge in [-0.1, -0.05) is 49.3 Å². The highest BCUT2D eigenvalue weighted by Gasteiger charge is 2.26. The molecule has 0 atom stereocenters. The van der Waals surface area contributed by atoms with Crippen LogP contribution in [0.25, 0.3) is 0 Å². The summed E-state index contributed by atoms with van der Waals surface area (Å²) in [6.07, 6.45) is 7.88. The molecule has 0 spiro atoms. The maximum atomic E-state index is 12.5. The van der Waals surface area contributed by atoms with E-state index < -0.39 is 5.97 Å². The smallest absolute Gasteiger partial charge is 0.325 e. The Morgan fingerprint density at radius 3 is 2.62 bits per heavy atom. The molecule has 0 saturated heterocycles. The molecule has 162 valence electrons. The molecule has 0 aromatic carbocycles. The molecule has 1 aromatic rings. The van der Waals surface area contributed by atoms with Crippen LogP contribution in [0.2, 0.25) is 0 Å². The van der Waals surface area contributed by atoms with Gasteiger partial charge in [0.15, 0.2) is 4.34 Å². The lowest BCUT2D eigenvalue weighted by Crippen LogP contribution is -2.31. The lowest BCUT2D eigenvalue weighted by Gasteiger charge is -2.27. The summed E-state index contributed by atoms with van der Waals surface area (Å²) in [4.78, 5) is 35.5. The number of hydrogen-bond acceptors (Lipinski definition) is 8. The summed E-state index contributed by atoms with van der Waals surface area (Å²) in [6.45, 7) is 4.05. The Hall–Kier alpha value is -1.68. The van der Waals surface area contributed by atoms with Crippen LogP contribution in [0.4, 0.5) is 5.13 Å². The van der Waals surface area contributed by atoms with Crippen molar-refractivity contribution in [2.75, 3.05) is 24.2 Å². The molecule has 0 bridgehead atoms. The average molecular weight is 443 g/mol. The zero-order valence-corrected chi connectivity index (χ0v) is 18.7. The Bertz CT molecular complexity index is 675. The van der Waals surface area contributed by atoms with E-state index in [1.165, 1.54) is 42.4 Å². The van der Waals surface area contributed by atoms with E-state index in [9.17, 15) is 14.4 Å². The molecule has 1 aliphatic carbocycles. The van der Waals surface area contributed by atoms with E-state index in [4.69, 9.17) is 4.74 Å². The summed E-state index contributed by atoms with van der Waals surface area (Å²) in [7, 11) is 0. The number of aromatic nitrogens is 2. The zero-order chi connectivity index (χ0) is 21.1. The van der Waals surface area contributed by atoms with Gasteiger partial charge in [-0.2, -0.15) is 0 Å². The number of unbranched alkanes of at least 4 members (excludes halogenated alkanes) is 1. The van der Waals surface area contributed by atoms with Gasteiger partial charge in [0, 0.05) is 5.92 Å². The van der Waals surface area contributed by atoms with Crippen molar-refractivity contribution in [1.82, 2.24) is 15.5 Å². The lowest BCUT2D eigenvalue weighted by atomic mass is 9.79. The van der Waals surface area contributed by atoms with Crippen LogP contribution < -0.4 is 10.6 Å². The monoisotopic (exact) mass is 442 g/mol. The number of esters is 1. The molecule has 1 saturated carbocycles. The molecular formula is C19H30N4O4S2. The molecule has 0 unspecified atom stereocenters. The zero-order valence-electron chi connectivity index (χ0n) is 17.1. The lowest BCUT2D eigenvalue weighted by molar-refractivity contribution is -0.143. The van der Waals surface area contributed by atoms with E-state index in [1.807, 2.05) is 0 Å². The number of nitrogens with one attached hydrogen (secondary N) is 2. The van der Waals surface area contributed by atoms with Crippen LogP contribution >= 0.6 is 23.1 Å². The number of carbonyl (C=O) groups is 3. The number of rotatable bonds is 11. The molecule has 1 fully saturated rings. The molecule has 29 heavy (non-hydrogen) atoms. The molecule has 1 heterocycles. The molecule has 0 aliphatic heterocycles. The average Bonchev–Trinajstić information content (AvgIpc) is 3.17. The van der Waals surface area contributed by atoms with Crippen LogP contribution in [0.3, 0.4) is 0 Å². The van der Waals surface area contributed by atoms with E-state index in [0.29, 0.717) is 9.47 Å². The van der Waals surface area contributed by atoms with E-state index >= 15 is 0 Å². The number of anilines is 1. The SMILES string of the molecule is CCCCC1CCC(C(=O)Nc2nnc(SCC(=O)NCC(=O)OCC)s2)CC1. The number of ether oxygens (including phenoxy) is 1. The quantitative estimate of drug-likeness (QED) is 0.307. The van der Waals surface area contributed by atoms with Gasteiger partial charge in [0.1, 0.15) is 6.54 Å². The normalized spacial score (nSPS) is 18.8. The molecule has 10 heteroatoms. The van der Waals surface area contributed by atoms with Gasteiger partial charge in [-0.25, -0.2) is 0 Å². The first-order valence-corrected chi connectivity index (χ1v) is 12.0. The second-order valence-electron chi connectivity index (χ2n) is 7.09. The summed E-state index contributed by atoms with van der Waals surface area (Å²) in [5.74, 6) is 0.178. The minimum absolute atomic E-state index is 0.0128. The predicted octanol–water partition coefficient (Wildman–Crippen LogP) is 3.24. The fraction of sp³-hybridized carbons (Fsp3) is 0.737. The summed E-state index contributed by atoms with van der Waals surface area (Å²) < 4.78 is 5.34. The number of amides is 2. The second-order valence-corrected chi connectivity index (χ2v) is 9.29. The van der Waals surface area contributed by atoms with Crippen LogP contribution in [-0.4, -0.2) is 46.9 Å². The Labute approximate surface area is 179 Å². The Morgan fingerprint density at radius 1 is 1.17 bits per heavy atom. The van der Waals surface area contributed by atoms with Crippen molar-refractivity contribution < 1.29 is 19.1 Å². The maximum absolute atomic E-state index is 12.5. The number of nitrogens with zero attached hydrogens (tertiary/aromatic N) is 2. The minimum atomic E-state index is -0.467. The van der Waals surface area contributed by atoms with E-state index in [1.54, 1.807) is 6.92 Å². The molecule has 2 rings (SSSR count). The topological polar surface area (TPSA) is 110 Å². The first-order valence-electron chi connectivity index (χ1n) is 10.2. The Balaban J connectivity index is 1.68. The third-order valence-corrected chi connectivity index (χ3v) is 6.85. The molecule has 1 aromatic heterocycles. The second kappa shape index (κ2) is 12.8. The van der Waals surface area contributed by atoms with Gasteiger partial charge in [0.05, 0.1) is 12.4 Å². The van der Waals surface area contributed by atoms with Crippen molar-refractivity contribution >= 4 is 46.0 Å². The highest BCUT2D eigenvalue weighted by Crippen LogP contribution is 2.33. The van der Waals surface area contributed by atoms with Crippen LogP contribution in [0, 0.1) is 11.8 Å². The van der Waals surface area contributed by atoms with Crippen LogP contribution in [0.1, 0.15) is 58.8 Å². The minimum Gasteiger partial charge on any atom is -0.465 e. The summed E-state index contributed by atoms with van der Waals surface area (Å²) >= 11 is 2.46. The van der Waals surface area contributed by atoms with Gasteiger partial charge in [-0.3, -0.25) is 14.4 Å². The van der Waals surface area contributed by atoms with Crippen molar-refractivity contribution in [2.45, 2.75) is 63.1 Å². The van der Waals surface area contributed by atoms with E-state index in [0.717, 1.165) is 31.6 Å². The fourth-order valence-electron chi connectivity index (χ4n) is 3.29. The number of carbonyl (C=O) groups excluding carboxylic acids is 3. The Kier molecular flexibility index (Phi) is 10.4. The summed E-state index contributed by atoms with van der Waals surface area (Å²) in [6, 6.07) is 0. The van der Waals surface area contributed by atoms with Crippen LogP contribution in [0.5, 0.6) is 0 Å². The fourth-order valence-corrected chi connectivity index (χ4v) is 4.88. The van der Waals surface area contributed by atoms with Crippen LogP contribution in [-0.2, 0) is 19.1 Å². The molecule has 2 N–H and O–H groups in total. The molecular weight excluding hydrogens is 412 g/mol. The molecule has 0 radical (unpaired) electrons. The van der Waals surface area contributed by atoms with Crippen molar-refractivity contribution in [3.63, 3.8) is 0 Å². The predicted molar refractivity (Wildman–Crippen MR) is 114 cm³/mol. The van der Waals surface area contributed by atoms with Gasteiger partial charge in [-0.15, -0.1) is 10.2 Å². The summed E-state index contributed by atoms with van der Waals surface area (Å²) in [5, 5.41) is 13.8. The first kappa shape index (κ1) is 23.6. The van der Waals surface area contributed by atoms with Crippen LogP contribution in [0.15, 0.2) is 4.34 Å². The van der Waals surface area contributed by atoms with Crippen molar-refractivity contribution in [3.05, 3.63) is 0 Å². The van der Waals surface area contributed by atoms with Gasteiger partial charge >= 0.3 is 5.97 Å². The van der Waals surface area contributed by atoms with Crippen molar-refractivity contribution in [1.29, 1.82) is 0 Å². The van der Waals surface area contributed by atoms with E-state index in [2.05, 4.69) is 27.8 Å². The standard InChI is InChI=1S/C19H30N4O4S2/c1-3-5-6-13-7-9-14(10-8-13)17(26)21-18-22-23-19(29-18)28-12-15(24)20-11-16(25)27-4-2/h13-14H,3-12H2,1-2H3,(H,20,24)(H,21,22,26). The highest BCUT2D eigenvalue weighted by molar-refractivity contribution is 8.01. The first-order chi connectivity index (χ1) is 14.0. The third kappa shape index (κ3) is 8.69. The molecule has 8 nitrogen and oxygen atoms in total. The number of hydrogen-bond donors (Lipinski definition) is 2.